The van der Waals surface area contributed by atoms with Crippen molar-refractivity contribution >= 4 is 23.2 Å². The zero-order chi connectivity index (χ0) is 18.4. The summed E-state index contributed by atoms with van der Waals surface area (Å²) in [6.07, 6.45) is 0. The van der Waals surface area contributed by atoms with E-state index in [1.165, 1.54) is 14.2 Å². The Morgan fingerprint density at radius 3 is 2.20 bits per heavy atom. The first-order valence-electron chi connectivity index (χ1n) is 7.40. The number of carbonyl (C=O) groups excluding carboxylic acids is 1. The zero-order valence-electron chi connectivity index (χ0n) is 14.4. The molecule has 6 nitrogen and oxygen atoms in total. The van der Waals surface area contributed by atoms with Crippen molar-refractivity contribution in [2.24, 2.45) is 5.10 Å². The van der Waals surface area contributed by atoms with Gasteiger partial charge in [-0.1, -0.05) is 17.7 Å². The molecule has 1 N–H and O–H groups in total. The van der Waals surface area contributed by atoms with Gasteiger partial charge in [-0.2, -0.15) is 5.10 Å². The van der Waals surface area contributed by atoms with Gasteiger partial charge in [0.25, 0.3) is 5.91 Å². The van der Waals surface area contributed by atoms with E-state index in [2.05, 4.69) is 10.5 Å². The topological polar surface area (TPSA) is 69.2 Å². The molecule has 0 unspecified atom stereocenters. The second-order valence-electron chi connectivity index (χ2n) is 5.06. The number of nitrogens with zero attached hydrogens (tertiary/aromatic N) is 1. The van der Waals surface area contributed by atoms with Gasteiger partial charge in [0, 0.05) is 22.7 Å². The molecule has 0 fully saturated rings. The summed E-state index contributed by atoms with van der Waals surface area (Å²) in [6.45, 7) is 1.74. The predicted octanol–water partition coefficient (Wildman–Crippen LogP) is 3.52. The number of benzene rings is 2. The Morgan fingerprint density at radius 2 is 1.68 bits per heavy atom. The summed E-state index contributed by atoms with van der Waals surface area (Å²) < 4.78 is 16.0. The fourth-order valence-electron chi connectivity index (χ4n) is 2.25. The molecule has 2 aromatic carbocycles. The fraction of sp³-hybridized carbons (Fsp3) is 0.222. The van der Waals surface area contributed by atoms with E-state index in [1.54, 1.807) is 50.4 Å². The largest absolute Gasteiger partial charge is 0.496 e. The number of nitrogens with one attached hydrogen (secondary N) is 1. The smallest absolute Gasteiger partial charge is 0.271 e. The second kappa shape index (κ2) is 8.39. The Kier molecular flexibility index (Phi) is 6.25. The number of hydrazone groups is 1. The molecule has 2 aromatic rings. The highest BCUT2D eigenvalue weighted by molar-refractivity contribution is 6.31. The van der Waals surface area contributed by atoms with E-state index in [9.17, 15) is 4.79 Å². The third-order valence-electron chi connectivity index (χ3n) is 3.49. The lowest BCUT2D eigenvalue weighted by Crippen LogP contribution is -2.19. The Bertz CT molecular complexity index is 780. The van der Waals surface area contributed by atoms with E-state index in [-0.39, 0.29) is 5.91 Å². The molecule has 25 heavy (non-hydrogen) atoms. The average molecular weight is 363 g/mol. The van der Waals surface area contributed by atoms with E-state index < -0.39 is 0 Å². The molecule has 2 rings (SSSR count). The molecule has 0 saturated carbocycles. The van der Waals surface area contributed by atoms with Crippen LogP contribution in [0.1, 0.15) is 22.8 Å². The Hall–Kier alpha value is -2.73. The second-order valence-corrected chi connectivity index (χ2v) is 5.49. The van der Waals surface area contributed by atoms with Crippen molar-refractivity contribution in [3.8, 4) is 17.2 Å². The number of hydrogen-bond donors (Lipinski definition) is 1. The molecule has 0 heterocycles. The first kappa shape index (κ1) is 18.6. The van der Waals surface area contributed by atoms with Crippen molar-refractivity contribution in [2.75, 3.05) is 21.3 Å². The fourth-order valence-corrected chi connectivity index (χ4v) is 2.44. The number of methoxy groups -OCH3 is 3. The molecule has 0 radical (unpaired) electrons. The van der Waals surface area contributed by atoms with E-state index in [4.69, 9.17) is 25.8 Å². The maximum atomic E-state index is 12.2. The average Bonchev–Trinajstić information content (AvgIpc) is 2.64. The molecule has 0 saturated heterocycles. The highest BCUT2D eigenvalue weighted by Gasteiger charge is 2.16. The van der Waals surface area contributed by atoms with Gasteiger partial charge in [-0.05, 0) is 25.1 Å². The van der Waals surface area contributed by atoms with E-state index in [1.807, 2.05) is 0 Å². The number of hydrogen-bond acceptors (Lipinski definition) is 5. The van der Waals surface area contributed by atoms with Crippen LogP contribution in [0.3, 0.4) is 0 Å². The van der Waals surface area contributed by atoms with Crippen LogP contribution < -0.4 is 19.6 Å². The molecule has 7 heteroatoms. The Balaban J connectivity index is 2.31. The summed E-state index contributed by atoms with van der Waals surface area (Å²) in [7, 11) is 4.63. The minimum Gasteiger partial charge on any atom is -0.496 e. The molecule has 0 aliphatic rings. The van der Waals surface area contributed by atoms with Crippen LogP contribution in [0.25, 0.3) is 0 Å². The summed E-state index contributed by atoms with van der Waals surface area (Å²) in [5.74, 6) is 1.27. The van der Waals surface area contributed by atoms with Gasteiger partial charge in [-0.25, -0.2) is 5.43 Å². The maximum Gasteiger partial charge on any atom is 0.271 e. The van der Waals surface area contributed by atoms with E-state index >= 15 is 0 Å². The molecule has 0 atom stereocenters. The lowest BCUT2D eigenvalue weighted by Gasteiger charge is -2.14. The molecule has 1 amide bonds. The van der Waals surface area contributed by atoms with Gasteiger partial charge in [-0.15, -0.1) is 0 Å². The van der Waals surface area contributed by atoms with Crippen LogP contribution in [0.2, 0.25) is 5.02 Å². The van der Waals surface area contributed by atoms with Gasteiger partial charge in [-0.3, -0.25) is 4.79 Å². The summed E-state index contributed by atoms with van der Waals surface area (Å²) in [5.41, 5.74) is 4.06. The van der Waals surface area contributed by atoms with Crippen molar-refractivity contribution in [1.29, 1.82) is 0 Å². The first-order valence-corrected chi connectivity index (χ1v) is 7.78. The number of amides is 1. The molecule has 0 aromatic heterocycles. The Labute approximate surface area is 151 Å². The highest BCUT2D eigenvalue weighted by Crippen LogP contribution is 2.34. The van der Waals surface area contributed by atoms with Crippen LogP contribution in [0.4, 0.5) is 0 Å². The summed E-state index contributed by atoms with van der Waals surface area (Å²) in [5, 5.41) is 4.62. The Morgan fingerprint density at radius 1 is 1.04 bits per heavy atom. The van der Waals surface area contributed by atoms with E-state index in [0.717, 1.165) is 0 Å². The zero-order valence-corrected chi connectivity index (χ0v) is 15.2. The van der Waals surface area contributed by atoms with E-state index in [0.29, 0.717) is 39.1 Å². The number of ether oxygens (including phenoxy) is 3. The van der Waals surface area contributed by atoms with Crippen molar-refractivity contribution in [2.45, 2.75) is 6.92 Å². The molecule has 0 spiro atoms. The van der Waals surface area contributed by atoms with Crippen LogP contribution in [-0.2, 0) is 0 Å². The van der Waals surface area contributed by atoms with Crippen molar-refractivity contribution in [3.63, 3.8) is 0 Å². The van der Waals surface area contributed by atoms with Crippen LogP contribution in [0, 0.1) is 0 Å². The standard InChI is InChI=1S/C18H19ClN2O4/c1-11(20-21-18(22)12-6-5-7-13(19)8-12)17-15(24-3)9-14(23-2)10-16(17)25-4/h5-10H,1-4H3,(H,21,22). The predicted molar refractivity (Wildman–Crippen MR) is 97.2 cm³/mol. The van der Waals surface area contributed by atoms with Crippen LogP contribution in [0.15, 0.2) is 41.5 Å². The lowest BCUT2D eigenvalue weighted by molar-refractivity contribution is 0.0955. The molecule has 0 aliphatic carbocycles. The van der Waals surface area contributed by atoms with Crippen LogP contribution in [-0.4, -0.2) is 32.9 Å². The SMILES string of the molecule is COc1cc(OC)c(C(C)=NNC(=O)c2cccc(Cl)c2)c(OC)c1. The first-order chi connectivity index (χ1) is 12.0. The number of carbonyl (C=O) groups is 1. The monoisotopic (exact) mass is 362 g/mol. The van der Waals surface area contributed by atoms with Gasteiger partial charge in [0.2, 0.25) is 0 Å². The molecule has 0 bridgehead atoms. The molecule has 132 valence electrons. The number of halogens is 1. The van der Waals surface area contributed by atoms with Crippen molar-refractivity contribution in [1.82, 2.24) is 5.43 Å². The third-order valence-corrected chi connectivity index (χ3v) is 3.72. The molecular weight excluding hydrogens is 344 g/mol. The number of rotatable bonds is 6. The molecular formula is C18H19ClN2O4. The van der Waals surface area contributed by atoms with Gasteiger partial charge >= 0.3 is 0 Å². The summed E-state index contributed by atoms with van der Waals surface area (Å²) >= 11 is 5.89. The maximum absolute atomic E-state index is 12.2. The summed E-state index contributed by atoms with van der Waals surface area (Å²) in [6, 6.07) is 10.0. The minimum atomic E-state index is -0.367. The van der Waals surface area contributed by atoms with Crippen LogP contribution in [0.5, 0.6) is 17.2 Å². The van der Waals surface area contributed by atoms with Crippen LogP contribution >= 0.6 is 11.6 Å². The van der Waals surface area contributed by atoms with Gasteiger partial charge in [0.05, 0.1) is 32.6 Å². The quantitative estimate of drug-likeness (QED) is 0.630. The lowest BCUT2D eigenvalue weighted by atomic mass is 10.1. The van der Waals surface area contributed by atoms with Crippen molar-refractivity contribution in [3.05, 3.63) is 52.5 Å². The molecule has 0 aliphatic heterocycles. The minimum absolute atomic E-state index is 0.367. The normalized spacial score (nSPS) is 11.0. The highest BCUT2D eigenvalue weighted by atomic mass is 35.5. The third kappa shape index (κ3) is 4.42. The van der Waals surface area contributed by atoms with Gasteiger partial charge in [0.15, 0.2) is 0 Å². The van der Waals surface area contributed by atoms with Crippen molar-refractivity contribution < 1.29 is 19.0 Å². The van der Waals surface area contributed by atoms with Gasteiger partial charge < -0.3 is 14.2 Å². The van der Waals surface area contributed by atoms with Gasteiger partial charge in [0.1, 0.15) is 17.2 Å². The summed E-state index contributed by atoms with van der Waals surface area (Å²) in [4.78, 5) is 12.2.